The Morgan fingerprint density at radius 1 is 1.38 bits per heavy atom. The Morgan fingerprint density at radius 2 is 2.04 bits per heavy atom. The van der Waals surface area contributed by atoms with E-state index in [1.807, 2.05) is 6.07 Å². The molecule has 0 spiro atoms. The second kappa shape index (κ2) is 8.17. The number of anilines is 1. The summed E-state index contributed by atoms with van der Waals surface area (Å²) in [5.41, 5.74) is 0.771. The van der Waals surface area contributed by atoms with Gasteiger partial charge in [0.25, 0.3) is 5.91 Å². The summed E-state index contributed by atoms with van der Waals surface area (Å²) < 4.78 is 6.76. The van der Waals surface area contributed by atoms with Crippen molar-refractivity contribution in [2.45, 2.75) is 0 Å². The summed E-state index contributed by atoms with van der Waals surface area (Å²) in [5, 5.41) is 22.0. The number of phenols is 1. The first-order valence-corrected chi connectivity index (χ1v) is 8.57. The molecule has 0 aliphatic heterocycles. The molecule has 2 N–H and O–H groups in total. The molecule has 0 radical (unpaired) electrons. The lowest BCUT2D eigenvalue weighted by molar-refractivity contribution is -0.112. The molecular formula is C17H12BrIN2O3. The first kappa shape index (κ1) is 18.3. The molecular weight excluding hydrogens is 487 g/mol. The minimum absolute atomic E-state index is 0.123. The minimum atomic E-state index is -0.558. The number of ether oxygens (including phenoxy) is 1. The molecule has 24 heavy (non-hydrogen) atoms. The molecule has 0 saturated carbocycles. The molecule has 2 rings (SSSR count). The zero-order chi connectivity index (χ0) is 17.7. The van der Waals surface area contributed by atoms with Crippen LogP contribution in [0.4, 0.5) is 5.69 Å². The van der Waals surface area contributed by atoms with E-state index in [0.717, 1.165) is 8.04 Å². The number of halogens is 2. The number of benzene rings is 2. The highest BCUT2D eigenvalue weighted by Gasteiger charge is 2.13. The van der Waals surface area contributed by atoms with Crippen LogP contribution in [0.5, 0.6) is 11.5 Å². The molecule has 0 unspecified atom stereocenters. The largest absolute Gasteiger partial charge is 0.504 e. The van der Waals surface area contributed by atoms with Crippen LogP contribution >= 0.6 is 38.5 Å². The van der Waals surface area contributed by atoms with Crippen molar-refractivity contribution in [3.63, 3.8) is 0 Å². The lowest BCUT2D eigenvalue weighted by Crippen LogP contribution is -2.13. The van der Waals surface area contributed by atoms with Gasteiger partial charge < -0.3 is 15.2 Å². The Hall–Kier alpha value is -2.05. The van der Waals surface area contributed by atoms with Gasteiger partial charge in [-0.25, -0.2) is 0 Å². The standard InChI is InChI=1S/C17H12BrIN2O3/c1-24-15-8-13(19)7-10(16(15)22)6-11(9-20)17(23)21-14-4-2-12(18)3-5-14/h2-8,22H,1H3,(H,21,23)/b11-6-. The van der Waals surface area contributed by atoms with Crippen molar-refractivity contribution in [3.05, 3.63) is 55.6 Å². The van der Waals surface area contributed by atoms with Gasteiger partial charge in [-0.2, -0.15) is 5.26 Å². The molecule has 0 heterocycles. The number of nitrogens with zero attached hydrogens (tertiary/aromatic N) is 1. The fourth-order valence-corrected chi connectivity index (χ4v) is 2.78. The molecule has 1 amide bonds. The Labute approximate surface area is 161 Å². The molecule has 5 nitrogen and oxygen atoms in total. The fourth-order valence-electron chi connectivity index (χ4n) is 1.90. The third kappa shape index (κ3) is 4.49. The van der Waals surface area contributed by atoms with Crippen LogP contribution in [0.2, 0.25) is 0 Å². The number of amides is 1. The molecule has 0 bridgehead atoms. The van der Waals surface area contributed by atoms with Gasteiger partial charge in [0.2, 0.25) is 0 Å². The number of hydrogen-bond acceptors (Lipinski definition) is 4. The average Bonchev–Trinajstić information content (AvgIpc) is 2.57. The van der Waals surface area contributed by atoms with Gasteiger partial charge in [0.05, 0.1) is 7.11 Å². The number of hydrogen-bond donors (Lipinski definition) is 2. The monoisotopic (exact) mass is 498 g/mol. The van der Waals surface area contributed by atoms with Crippen molar-refractivity contribution in [2.24, 2.45) is 0 Å². The number of carbonyl (C=O) groups excluding carboxylic acids is 1. The van der Waals surface area contributed by atoms with Gasteiger partial charge >= 0.3 is 0 Å². The van der Waals surface area contributed by atoms with Crippen LogP contribution < -0.4 is 10.1 Å². The van der Waals surface area contributed by atoms with Crippen molar-refractivity contribution >= 4 is 56.2 Å². The van der Waals surface area contributed by atoms with E-state index in [1.54, 1.807) is 36.4 Å². The number of nitriles is 1. The summed E-state index contributed by atoms with van der Waals surface area (Å²) in [6.07, 6.45) is 1.33. The van der Waals surface area contributed by atoms with Gasteiger partial charge in [-0.15, -0.1) is 0 Å². The van der Waals surface area contributed by atoms with Gasteiger partial charge in [-0.3, -0.25) is 4.79 Å². The van der Waals surface area contributed by atoms with Crippen LogP contribution in [0, 0.1) is 14.9 Å². The van der Waals surface area contributed by atoms with E-state index in [4.69, 9.17) is 4.74 Å². The number of methoxy groups -OCH3 is 1. The Bertz CT molecular complexity index is 842. The first-order valence-electron chi connectivity index (χ1n) is 6.70. The molecule has 7 heteroatoms. The predicted molar refractivity (Wildman–Crippen MR) is 104 cm³/mol. The normalized spacial score (nSPS) is 10.8. The summed E-state index contributed by atoms with van der Waals surface area (Å²) in [5.74, 6) is -0.405. The van der Waals surface area contributed by atoms with Crippen LogP contribution in [0.3, 0.4) is 0 Å². The second-order valence-corrected chi connectivity index (χ2v) is 6.84. The van der Waals surface area contributed by atoms with Crippen molar-refractivity contribution in [2.75, 3.05) is 12.4 Å². The number of phenolic OH excluding ortho intramolecular Hbond substituents is 1. The van der Waals surface area contributed by atoms with E-state index in [0.29, 0.717) is 11.3 Å². The quantitative estimate of drug-likeness (QED) is 0.374. The van der Waals surface area contributed by atoms with Crippen molar-refractivity contribution in [1.29, 1.82) is 5.26 Å². The molecule has 122 valence electrons. The highest BCUT2D eigenvalue weighted by atomic mass is 127. The van der Waals surface area contributed by atoms with Gasteiger partial charge in [-0.05, 0) is 65.1 Å². The maximum absolute atomic E-state index is 12.3. The summed E-state index contributed by atoms with van der Waals surface area (Å²) in [4.78, 5) is 12.3. The zero-order valence-corrected chi connectivity index (χ0v) is 16.3. The molecule has 2 aromatic rings. The Morgan fingerprint density at radius 3 is 2.62 bits per heavy atom. The van der Waals surface area contributed by atoms with E-state index in [2.05, 4.69) is 43.8 Å². The van der Waals surface area contributed by atoms with Gasteiger partial charge in [-0.1, -0.05) is 15.9 Å². The van der Waals surface area contributed by atoms with Gasteiger partial charge in [0.1, 0.15) is 11.6 Å². The van der Waals surface area contributed by atoms with Crippen LogP contribution in [-0.2, 0) is 4.79 Å². The molecule has 0 saturated heterocycles. The second-order valence-electron chi connectivity index (χ2n) is 4.68. The highest BCUT2D eigenvalue weighted by Crippen LogP contribution is 2.33. The zero-order valence-electron chi connectivity index (χ0n) is 12.5. The first-order chi connectivity index (χ1) is 11.4. The van der Waals surface area contributed by atoms with E-state index in [-0.39, 0.29) is 17.1 Å². The molecule has 0 aromatic heterocycles. The molecule has 0 aliphatic carbocycles. The highest BCUT2D eigenvalue weighted by molar-refractivity contribution is 14.1. The van der Waals surface area contributed by atoms with Crippen molar-refractivity contribution in [1.82, 2.24) is 0 Å². The third-order valence-electron chi connectivity index (χ3n) is 3.06. The van der Waals surface area contributed by atoms with E-state index < -0.39 is 5.91 Å². The van der Waals surface area contributed by atoms with Crippen LogP contribution in [0.25, 0.3) is 6.08 Å². The maximum atomic E-state index is 12.3. The molecule has 2 aromatic carbocycles. The average molecular weight is 499 g/mol. The lowest BCUT2D eigenvalue weighted by atomic mass is 10.1. The smallest absolute Gasteiger partial charge is 0.266 e. The number of aromatic hydroxyl groups is 1. The third-order valence-corrected chi connectivity index (χ3v) is 4.21. The van der Waals surface area contributed by atoms with Crippen LogP contribution in [0.1, 0.15) is 5.56 Å². The molecule has 0 fully saturated rings. The SMILES string of the molecule is COc1cc(I)cc(/C=C(/C#N)C(=O)Nc2ccc(Br)cc2)c1O. The number of rotatable bonds is 4. The van der Waals surface area contributed by atoms with Crippen LogP contribution in [-0.4, -0.2) is 18.1 Å². The van der Waals surface area contributed by atoms with E-state index in [9.17, 15) is 15.2 Å². The minimum Gasteiger partial charge on any atom is -0.504 e. The predicted octanol–water partition coefficient (Wildman–Crippen LogP) is 4.31. The molecule has 0 aliphatic rings. The van der Waals surface area contributed by atoms with E-state index in [1.165, 1.54) is 13.2 Å². The van der Waals surface area contributed by atoms with E-state index >= 15 is 0 Å². The summed E-state index contributed by atoms with van der Waals surface area (Å²) in [6, 6.07) is 12.1. The van der Waals surface area contributed by atoms with Crippen molar-refractivity contribution < 1.29 is 14.6 Å². The summed E-state index contributed by atoms with van der Waals surface area (Å²) in [6.45, 7) is 0. The fraction of sp³-hybridized carbons (Fsp3) is 0.0588. The number of nitrogens with one attached hydrogen (secondary N) is 1. The van der Waals surface area contributed by atoms with Crippen LogP contribution in [0.15, 0.2) is 46.4 Å². The van der Waals surface area contributed by atoms with Gasteiger partial charge in [0.15, 0.2) is 11.5 Å². The molecule has 0 atom stereocenters. The number of carbonyl (C=O) groups is 1. The lowest BCUT2D eigenvalue weighted by Gasteiger charge is -2.08. The topological polar surface area (TPSA) is 82.3 Å². The van der Waals surface area contributed by atoms with Gasteiger partial charge in [0, 0.05) is 19.3 Å². The summed E-state index contributed by atoms with van der Waals surface area (Å²) >= 11 is 5.37. The summed E-state index contributed by atoms with van der Waals surface area (Å²) in [7, 11) is 1.43. The van der Waals surface area contributed by atoms with Crippen molar-refractivity contribution in [3.8, 4) is 17.6 Å². The maximum Gasteiger partial charge on any atom is 0.266 e. The Balaban J connectivity index is 2.32. The Kier molecular flexibility index (Phi) is 6.23.